The summed E-state index contributed by atoms with van der Waals surface area (Å²) in [5, 5.41) is 0. The first-order valence-electron chi connectivity index (χ1n) is 9.42. The third-order valence-corrected chi connectivity index (χ3v) is 5.02. The van der Waals surface area contributed by atoms with Gasteiger partial charge < -0.3 is 18.3 Å². The van der Waals surface area contributed by atoms with Crippen LogP contribution in [0, 0.1) is 6.92 Å². The number of hydrogen-bond donors (Lipinski definition) is 0. The second-order valence-electron chi connectivity index (χ2n) is 6.92. The highest BCUT2D eigenvalue weighted by Crippen LogP contribution is 2.41. The van der Waals surface area contributed by atoms with E-state index in [-0.39, 0.29) is 0 Å². The van der Waals surface area contributed by atoms with Gasteiger partial charge in [0.25, 0.3) is 0 Å². The lowest BCUT2D eigenvalue weighted by Gasteiger charge is -2.19. The topological polar surface area (TPSA) is 70.5 Å². The van der Waals surface area contributed by atoms with E-state index in [1.165, 1.54) is 0 Å². The van der Waals surface area contributed by atoms with Crippen molar-refractivity contribution in [1.29, 1.82) is 0 Å². The Morgan fingerprint density at radius 1 is 0.793 bits per heavy atom. The van der Waals surface area contributed by atoms with Crippen LogP contribution >= 0.6 is 0 Å². The number of ether oxygens (including phenoxy) is 2. The van der Waals surface area contributed by atoms with Crippen LogP contribution in [-0.2, 0) is 0 Å². The Balaban J connectivity index is 1.52. The molecule has 3 aromatic carbocycles. The molecule has 0 fully saturated rings. The first-order chi connectivity index (χ1) is 14.3. The van der Waals surface area contributed by atoms with E-state index in [0.29, 0.717) is 42.1 Å². The summed E-state index contributed by atoms with van der Waals surface area (Å²) in [7, 11) is 0. The molecule has 2 aromatic heterocycles. The third kappa shape index (κ3) is 2.56. The molecule has 5 aromatic rings. The molecule has 6 nitrogen and oxygen atoms in total. The number of benzene rings is 3. The number of oxazole rings is 2. The minimum absolute atomic E-state index is 0.507. The fourth-order valence-corrected chi connectivity index (χ4v) is 3.75. The maximum atomic E-state index is 6.09. The molecule has 0 aliphatic carbocycles. The van der Waals surface area contributed by atoms with Gasteiger partial charge >= 0.3 is 0 Å². The molecule has 142 valence electrons. The van der Waals surface area contributed by atoms with Crippen molar-refractivity contribution in [3.8, 4) is 34.1 Å². The normalized spacial score (nSPS) is 13.3. The molecule has 0 unspecified atom stereocenters. The van der Waals surface area contributed by atoms with Crippen molar-refractivity contribution in [2.45, 2.75) is 6.92 Å². The van der Waals surface area contributed by atoms with Crippen LogP contribution in [0.2, 0.25) is 0 Å². The lowest BCUT2D eigenvalue weighted by atomic mass is 10.0. The summed E-state index contributed by atoms with van der Waals surface area (Å²) in [4.78, 5) is 9.25. The standard InChI is InChI=1S/C23H16N2O4/c1-13-24-17-12-14(8-9-18(17)28-13)15-4-2-6-19-21(15)25-23(29-19)16-5-3-7-20-22(16)27-11-10-26-20/h2-9,12H,10-11H2,1H3. The summed E-state index contributed by atoms with van der Waals surface area (Å²) < 4.78 is 23.2. The third-order valence-electron chi connectivity index (χ3n) is 5.02. The van der Waals surface area contributed by atoms with Gasteiger partial charge in [0.1, 0.15) is 24.2 Å². The predicted octanol–water partition coefficient (Wildman–Crippen LogP) is 5.38. The van der Waals surface area contributed by atoms with Crippen LogP contribution in [0.1, 0.15) is 5.89 Å². The number of nitrogens with zero attached hydrogens (tertiary/aromatic N) is 2. The van der Waals surface area contributed by atoms with E-state index in [9.17, 15) is 0 Å². The predicted molar refractivity (Wildman–Crippen MR) is 108 cm³/mol. The summed E-state index contributed by atoms with van der Waals surface area (Å²) in [5.74, 6) is 2.54. The fourth-order valence-electron chi connectivity index (χ4n) is 3.75. The van der Waals surface area contributed by atoms with Crippen LogP contribution in [0.3, 0.4) is 0 Å². The van der Waals surface area contributed by atoms with Crippen molar-refractivity contribution >= 4 is 22.2 Å². The summed E-state index contributed by atoms with van der Waals surface area (Å²) in [5.41, 5.74) is 5.86. The van der Waals surface area contributed by atoms with Gasteiger partial charge in [0.15, 0.2) is 28.6 Å². The number of fused-ring (bicyclic) bond motifs is 3. The van der Waals surface area contributed by atoms with Gasteiger partial charge in [-0.15, -0.1) is 0 Å². The molecule has 1 aliphatic heterocycles. The van der Waals surface area contributed by atoms with Gasteiger partial charge in [0.2, 0.25) is 5.89 Å². The maximum Gasteiger partial charge on any atom is 0.231 e. The summed E-state index contributed by atoms with van der Waals surface area (Å²) in [6, 6.07) is 17.6. The van der Waals surface area contributed by atoms with E-state index in [1.807, 2.05) is 61.5 Å². The number of hydrogen-bond acceptors (Lipinski definition) is 6. The van der Waals surface area contributed by atoms with Crippen LogP contribution in [0.4, 0.5) is 0 Å². The van der Waals surface area contributed by atoms with Crippen molar-refractivity contribution in [3.05, 3.63) is 60.5 Å². The van der Waals surface area contributed by atoms with E-state index >= 15 is 0 Å². The maximum absolute atomic E-state index is 6.09. The molecular weight excluding hydrogens is 368 g/mol. The van der Waals surface area contributed by atoms with E-state index in [1.54, 1.807) is 0 Å². The van der Waals surface area contributed by atoms with Crippen molar-refractivity contribution in [3.63, 3.8) is 0 Å². The molecule has 6 heteroatoms. The zero-order valence-corrected chi connectivity index (χ0v) is 15.6. The Morgan fingerprint density at radius 3 is 2.62 bits per heavy atom. The minimum atomic E-state index is 0.507. The van der Waals surface area contributed by atoms with Gasteiger partial charge in [-0.25, -0.2) is 9.97 Å². The van der Waals surface area contributed by atoms with Crippen LogP contribution in [0.15, 0.2) is 63.4 Å². The molecule has 0 atom stereocenters. The van der Waals surface area contributed by atoms with Gasteiger partial charge in [-0.3, -0.25) is 0 Å². The average molecular weight is 384 g/mol. The number of aromatic nitrogens is 2. The SMILES string of the molecule is Cc1nc2cc(-c3cccc4oc(-c5cccc6c5OCCO6)nc34)ccc2o1. The van der Waals surface area contributed by atoms with Crippen LogP contribution < -0.4 is 9.47 Å². The quantitative estimate of drug-likeness (QED) is 0.407. The van der Waals surface area contributed by atoms with E-state index < -0.39 is 0 Å². The van der Waals surface area contributed by atoms with Crippen LogP contribution in [-0.4, -0.2) is 23.2 Å². The highest BCUT2D eigenvalue weighted by atomic mass is 16.6. The molecule has 0 saturated carbocycles. The smallest absolute Gasteiger partial charge is 0.231 e. The van der Waals surface area contributed by atoms with Crippen molar-refractivity contribution in [2.24, 2.45) is 0 Å². The van der Waals surface area contributed by atoms with E-state index in [0.717, 1.165) is 33.3 Å². The zero-order chi connectivity index (χ0) is 19.4. The van der Waals surface area contributed by atoms with Crippen molar-refractivity contribution < 1.29 is 18.3 Å². The Labute approximate surface area is 165 Å². The molecule has 0 N–H and O–H groups in total. The highest BCUT2D eigenvalue weighted by molar-refractivity contribution is 5.94. The largest absolute Gasteiger partial charge is 0.486 e. The van der Waals surface area contributed by atoms with Gasteiger partial charge in [0, 0.05) is 12.5 Å². The number of rotatable bonds is 2. The van der Waals surface area contributed by atoms with E-state index in [2.05, 4.69) is 4.98 Å². The second kappa shape index (κ2) is 6.10. The van der Waals surface area contributed by atoms with Gasteiger partial charge in [0.05, 0.1) is 5.56 Å². The van der Waals surface area contributed by atoms with E-state index in [4.69, 9.17) is 23.3 Å². The molecule has 0 radical (unpaired) electrons. The van der Waals surface area contributed by atoms with Gasteiger partial charge in [-0.2, -0.15) is 0 Å². The van der Waals surface area contributed by atoms with Gasteiger partial charge in [-0.1, -0.05) is 24.3 Å². The lowest BCUT2D eigenvalue weighted by Crippen LogP contribution is -2.15. The molecule has 0 amide bonds. The first-order valence-corrected chi connectivity index (χ1v) is 9.42. The monoisotopic (exact) mass is 384 g/mol. The average Bonchev–Trinajstić information content (AvgIpc) is 3.35. The van der Waals surface area contributed by atoms with Crippen molar-refractivity contribution in [1.82, 2.24) is 9.97 Å². The van der Waals surface area contributed by atoms with Crippen LogP contribution in [0.5, 0.6) is 11.5 Å². The molecule has 0 saturated heterocycles. The molecule has 1 aliphatic rings. The minimum Gasteiger partial charge on any atom is -0.486 e. The first kappa shape index (κ1) is 16.2. The Morgan fingerprint density at radius 2 is 1.66 bits per heavy atom. The number of para-hydroxylation sites is 2. The molecule has 6 rings (SSSR count). The summed E-state index contributed by atoms with van der Waals surface area (Å²) in [6.45, 7) is 2.89. The van der Waals surface area contributed by atoms with Crippen molar-refractivity contribution in [2.75, 3.05) is 13.2 Å². The molecule has 0 spiro atoms. The van der Waals surface area contributed by atoms with Gasteiger partial charge in [-0.05, 0) is 35.9 Å². The number of aryl methyl sites for hydroxylation is 1. The Kier molecular flexibility index (Phi) is 3.41. The summed E-state index contributed by atoms with van der Waals surface area (Å²) in [6.07, 6.45) is 0. The highest BCUT2D eigenvalue weighted by Gasteiger charge is 2.21. The molecule has 29 heavy (non-hydrogen) atoms. The zero-order valence-electron chi connectivity index (χ0n) is 15.6. The Bertz CT molecular complexity index is 1380. The Hall–Kier alpha value is -3.80. The van der Waals surface area contributed by atoms with Crippen LogP contribution in [0.25, 0.3) is 44.8 Å². The second-order valence-corrected chi connectivity index (χ2v) is 6.92. The fraction of sp³-hybridized carbons (Fsp3) is 0.130. The molecule has 0 bridgehead atoms. The molecule has 3 heterocycles. The molecular formula is C23H16N2O4. The summed E-state index contributed by atoms with van der Waals surface area (Å²) >= 11 is 0. The lowest BCUT2D eigenvalue weighted by molar-refractivity contribution is 0.172.